The first-order chi connectivity index (χ1) is 8.97. The maximum atomic E-state index is 12.3. The fourth-order valence-corrected chi connectivity index (χ4v) is 2.44. The number of pyridine rings is 1. The SMILES string of the molecule is CC(C)(C)NCC(=O)N1CCCC1c1ccncc1. The molecule has 19 heavy (non-hydrogen) atoms. The quantitative estimate of drug-likeness (QED) is 0.906. The van der Waals surface area contributed by atoms with Crippen LogP contribution in [0, 0.1) is 0 Å². The molecule has 0 spiro atoms. The minimum Gasteiger partial charge on any atom is -0.335 e. The Balaban J connectivity index is 2.01. The Labute approximate surface area is 115 Å². The van der Waals surface area contributed by atoms with Crippen LogP contribution in [0.5, 0.6) is 0 Å². The van der Waals surface area contributed by atoms with Crippen LogP contribution in [0.2, 0.25) is 0 Å². The van der Waals surface area contributed by atoms with Crippen molar-refractivity contribution in [3.05, 3.63) is 30.1 Å². The summed E-state index contributed by atoms with van der Waals surface area (Å²) >= 11 is 0. The Kier molecular flexibility index (Phi) is 4.20. The number of nitrogens with one attached hydrogen (secondary N) is 1. The molecule has 0 bridgehead atoms. The number of amides is 1. The summed E-state index contributed by atoms with van der Waals surface area (Å²) in [5.41, 5.74) is 1.17. The minimum absolute atomic E-state index is 0.0262. The molecule has 4 nitrogen and oxygen atoms in total. The van der Waals surface area contributed by atoms with Gasteiger partial charge in [0.1, 0.15) is 0 Å². The molecule has 0 aromatic carbocycles. The van der Waals surface area contributed by atoms with Gasteiger partial charge in [-0.1, -0.05) is 0 Å². The maximum Gasteiger partial charge on any atom is 0.237 e. The summed E-state index contributed by atoms with van der Waals surface area (Å²) in [6.45, 7) is 7.49. The summed E-state index contributed by atoms with van der Waals surface area (Å²) in [5, 5.41) is 3.27. The summed E-state index contributed by atoms with van der Waals surface area (Å²) in [6.07, 6.45) is 5.72. The molecule has 1 atom stereocenters. The molecule has 1 aliphatic rings. The molecule has 1 saturated heterocycles. The number of hydrogen-bond donors (Lipinski definition) is 1. The van der Waals surface area contributed by atoms with Crippen LogP contribution in [0.1, 0.15) is 45.2 Å². The number of hydrogen-bond acceptors (Lipinski definition) is 3. The number of nitrogens with zero attached hydrogens (tertiary/aromatic N) is 2. The Morgan fingerprint density at radius 2 is 2.11 bits per heavy atom. The van der Waals surface area contributed by atoms with Gasteiger partial charge in [0.05, 0.1) is 12.6 Å². The van der Waals surface area contributed by atoms with Gasteiger partial charge in [0.25, 0.3) is 0 Å². The van der Waals surface area contributed by atoms with E-state index in [4.69, 9.17) is 0 Å². The zero-order valence-electron chi connectivity index (χ0n) is 12.0. The summed E-state index contributed by atoms with van der Waals surface area (Å²) in [5.74, 6) is 0.189. The first-order valence-electron chi connectivity index (χ1n) is 6.92. The van der Waals surface area contributed by atoms with E-state index in [1.807, 2.05) is 17.0 Å². The molecule has 1 aromatic rings. The van der Waals surface area contributed by atoms with Crippen LogP contribution in [-0.2, 0) is 4.79 Å². The highest BCUT2D eigenvalue weighted by atomic mass is 16.2. The van der Waals surface area contributed by atoms with Crippen molar-refractivity contribution in [1.82, 2.24) is 15.2 Å². The second-order valence-corrected chi connectivity index (χ2v) is 6.13. The molecule has 0 saturated carbocycles. The van der Waals surface area contributed by atoms with Gasteiger partial charge in [0.15, 0.2) is 0 Å². The lowest BCUT2D eigenvalue weighted by Crippen LogP contribution is -2.44. The number of likely N-dealkylation sites (tertiary alicyclic amines) is 1. The standard InChI is InChI=1S/C15H23N3O/c1-15(2,3)17-11-14(19)18-10-4-5-13(18)12-6-8-16-9-7-12/h6-9,13,17H,4-5,10-11H2,1-3H3. The van der Waals surface area contributed by atoms with Crippen LogP contribution in [0.15, 0.2) is 24.5 Å². The first-order valence-corrected chi connectivity index (χ1v) is 6.92. The van der Waals surface area contributed by atoms with Crippen LogP contribution in [0.4, 0.5) is 0 Å². The highest BCUT2D eigenvalue weighted by Gasteiger charge is 2.29. The summed E-state index contributed by atoms with van der Waals surface area (Å²) < 4.78 is 0. The lowest BCUT2D eigenvalue weighted by molar-refractivity contribution is -0.131. The van der Waals surface area contributed by atoms with Gasteiger partial charge >= 0.3 is 0 Å². The smallest absolute Gasteiger partial charge is 0.237 e. The van der Waals surface area contributed by atoms with Crippen LogP contribution in [0.25, 0.3) is 0 Å². The van der Waals surface area contributed by atoms with E-state index in [0.29, 0.717) is 6.54 Å². The third-order valence-corrected chi connectivity index (χ3v) is 3.43. The van der Waals surface area contributed by atoms with Gasteiger partial charge in [-0.05, 0) is 51.3 Å². The molecule has 4 heteroatoms. The zero-order valence-corrected chi connectivity index (χ0v) is 12.0. The Hall–Kier alpha value is -1.42. The van der Waals surface area contributed by atoms with E-state index in [1.54, 1.807) is 12.4 Å². The second kappa shape index (κ2) is 5.70. The molecule has 1 amide bonds. The van der Waals surface area contributed by atoms with Crippen molar-refractivity contribution in [2.75, 3.05) is 13.1 Å². The van der Waals surface area contributed by atoms with Crippen LogP contribution >= 0.6 is 0 Å². The van der Waals surface area contributed by atoms with E-state index < -0.39 is 0 Å². The Morgan fingerprint density at radius 1 is 1.42 bits per heavy atom. The largest absolute Gasteiger partial charge is 0.335 e. The zero-order chi connectivity index (χ0) is 13.9. The number of carbonyl (C=O) groups excluding carboxylic acids is 1. The van der Waals surface area contributed by atoms with Crippen molar-refractivity contribution in [1.29, 1.82) is 0 Å². The third-order valence-electron chi connectivity index (χ3n) is 3.43. The van der Waals surface area contributed by atoms with Gasteiger partial charge in [0, 0.05) is 24.5 Å². The van der Waals surface area contributed by atoms with Gasteiger partial charge in [-0.15, -0.1) is 0 Å². The van der Waals surface area contributed by atoms with Crippen molar-refractivity contribution < 1.29 is 4.79 Å². The van der Waals surface area contributed by atoms with Crippen LogP contribution < -0.4 is 5.32 Å². The van der Waals surface area contributed by atoms with E-state index in [9.17, 15) is 4.79 Å². The molecule has 1 aliphatic heterocycles. The van der Waals surface area contributed by atoms with Gasteiger partial charge in [-0.25, -0.2) is 0 Å². The van der Waals surface area contributed by atoms with Gasteiger partial charge in [-0.3, -0.25) is 9.78 Å². The predicted octanol–water partition coefficient (Wildman–Crippen LogP) is 2.13. The van der Waals surface area contributed by atoms with E-state index in [2.05, 4.69) is 31.1 Å². The Morgan fingerprint density at radius 3 is 2.74 bits per heavy atom. The molecule has 0 aliphatic carbocycles. The van der Waals surface area contributed by atoms with Gasteiger partial charge < -0.3 is 10.2 Å². The highest BCUT2D eigenvalue weighted by Crippen LogP contribution is 2.31. The lowest BCUT2D eigenvalue weighted by atomic mass is 10.1. The average molecular weight is 261 g/mol. The number of rotatable bonds is 3. The maximum absolute atomic E-state index is 12.3. The number of aromatic nitrogens is 1. The molecule has 1 N–H and O–H groups in total. The molecule has 104 valence electrons. The molecule has 1 aromatic heterocycles. The lowest BCUT2D eigenvalue weighted by Gasteiger charge is -2.27. The van der Waals surface area contributed by atoms with E-state index in [1.165, 1.54) is 5.56 Å². The fraction of sp³-hybridized carbons (Fsp3) is 0.600. The van der Waals surface area contributed by atoms with Crippen molar-refractivity contribution in [2.45, 2.75) is 45.2 Å². The highest BCUT2D eigenvalue weighted by molar-refractivity contribution is 5.79. The monoisotopic (exact) mass is 261 g/mol. The summed E-state index contributed by atoms with van der Waals surface area (Å²) in [7, 11) is 0. The van der Waals surface area contributed by atoms with Crippen molar-refractivity contribution in [2.24, 2.45) is 0 Å². The van der Waals surface area contributed by atoms with Crippen LogP contribution in [0.3, 0.4) is 0 Å². The summed E-state index contributed by atoms with van der Waals surface area (Å²) in [4.78, 5) is 18.4. The van der Waals surface area contributed by atoms with Crippen molar-refractivity contribution in [3.63, 3.8) is 0 Å². The first kappa shape index (κ1) is 14.0. The van der Waals surface area contributed by atoms with E-state index >= 15 is 0 Å². The molecule has 2 heterocycles. The fourth-order valence-electron chi connectivity index (χ4n) is 2.44. The molecule has 1 unspecified atom stereocenters. The van der Waals surface area contributed by atoms with Crippen molar-refractivity contribution in [3.8, 4) is 0 Å². The summed E-state index contributed by atoms with van der Waals surface area (Å²) in [6, 6.07) is 4.23. The molecular weight excluding hydrogens is 238 g/mol. The molecule has 2 rings (SSSR count). The van der Waals surface area contributed by atoms with E-state index in [0.717, 1.165) is 19.4 Å². The molecule has 1 fully saturated rings. The third kappa shape index (κ3) is 3.77. The van der Waals surface area contributed by atoms with Gasteiger partial charge in [-0.2, -0.15) is 0 Å². The predicted molar refractivity (Wildman–Crippen MR) is 75.7 cm³/mol. The van der Waals surface area contributed by atoms with E-state index in [-0.39, 0.29) is 17.5 Å². The topological polar surface area (TPSA) is 45.2 Å². The van der Waals surface area contributed by atoms with Crippen LogP contribution in [-0.4, -0.2) is 34.4 Å². The normalized spacial score (nSPS) is 19.7. The molecule has 0 radical (unpaired) electrons. The average Bonchev–Trinajstić information content (AvgIpc) is 2.85. The molecular formula is C15H23N3O. The van der Waals surface area contributed by atoms with Gasteiger partial charge in [0.2, 0.25) is 5.91 Å². The minimum atomic E-state index is -0.0262. The van der Waals surface area contributed by atoms with Crippen molar-refractivity contribution >= 4 is 5.91 Å². The number of carbonyl (C=O) groups is 1. The Bertz CT molecular complexity index is 425. The second-order valence-electron chi connectivity index (χ2n) is 6.13.